The van der Waals surface area contributed by atoms with Crippen LogP contribution in [0.15, 0.2) is 0 Å². The molecule has 1 aliphatic rings. The first-order valence-electron chi connectivity index (χ1n) is 6.22. The van der Waals surface area contributed by atoms with Crippen LogP contribution in [0.4, 0.5) is 0 Å². The van der Waals surface area contributed by atoms with E-state index in [-0.39, 0.29) is 18.8 Å². The number of carbonyl (C=O) groups excluding carboxylic acids is 1. The molecule has 0 spiro atoms. The molecular weight excluding hydrogens is 254 g/mol. The van der Waals surface area contributed by atoms with Crippen LogP contribution in [0, 0.1) is 5.92 Å². The number of nitrogens with one attached hydrogen (secondary N) is 1. The number of hydrogen-bond donors (Lipinski definition) is 3. The average molecular weight is 273 g/mol. The van der Waals surface area contributed by atoms with E-state index in [1.807, 2.05) is 13.8 Å². The number of carboxylic acids is 2. The van der Waals surface area contributed by atoms with Crippen LogP contribution in [-0.4, -0.2) is 46.3 Å². The first-order valence-corrected chi connectivity index (χ1v) is 6.22. The van der Waals surface area contributed by atoms with Crippen LogP contribution in [0.1, 0.15) is 33.1 Å². The van der Waals surface area contributed by atoms with Gasteiger partial charge in [0.05, 0.1) is 0 Å². The third-order valence-corrected chi connectivity index (χ3v) is 2.91. The minimum absolute atomic E-state index is 0.123. The van der Waals surface area contributed by atoms with E-state index in [0.717, 1.165) is 0 Å². The van der Waals surface area contributed by atoms with Gasteiger partial charge in [-0.2, -0.15) is 0 Å². The molecule has 1 fully saturated rings. The summed E-state index contributed by atoms with van der Waals surface area (Å²) in [5.41, 5.74) is 0. The van der Waals surface area contributed by atoms with E-state index in [9.17, 15) is 14.4 Å². The lowest BCUT2D eigenvalue weighted by Gasteiger charge is -2.18. The fraction of sp³-hybridized carbons (Fsp3) is 0.750. The molecule has 3 N–H and O–H groups in total. The van der Waals surface area contributed by atoms with Gasteiger partial charge in [-0.25, -0.2) is 9.59 Å². The Labute approximate surface area is 110 Å². The molecule has 1 heterocycles. The number of rotatable bonds is 6. The minimum atomic E-state index is -1.10. The summed E-state index contributed by atoms with van der Waals surface area (Å²) < 4.78 is 5.07. The van der Waals surface area contributed by atoms with Crippen LogP contribution in [-0.2, 0) is 19.1 Å². The molecule has 1 amide bonds. The number of hydrogen-bond acceptors (Lipinski definition) is 4. The van der Waals surface area contributed by atoms with Crippen LogP contribution in [0.3, 0.4) is 0 Å². The van der Waals surface area contributed by atoms with Crippen LogP contribution >= 0.6 is 0 Å². The molecule has 0 bridgehead atoms. The summed E-state index contributed by atoms with van der Waals surface area (Å²) in [5, 5.41) is 20.1. The minimum Gasteiger partial charge on any atom is -0.480 e. The van der Waals surface area contributed by atoms with Gasteiger partial charge in [0.25, 0.3) is 0 Å². The molecule has 1 rings (SSSR count). The second kappa shape index (κ2) is 6.51. The van der Waals surface area contributed by atoms with Crippen molar-refractivity contribution < 1.29 is 29.3 Å². The van der Waals surface area contributed by atoms with Gasteiger partial charge < -0.3 is 20.3 Å². The van der Waals surface area contributed by atoms with Crippen LogP contribution in [0.5, 0.6) is 0 Å². The Morgan fingerprint density at radius 2 is 1.79 bits per heavy atom. The van der Waals surface area contributed by atoms with Crippen molar-refractivity contribution in [2.24, 2.45) is 5.92 Å². The fourth-order valence-corrected chi connectivity index (χ4v) is 1.97. The average Bonchev–Trinajstić information content (AvgIpc) is 2.76. The molecule has 0 radical (unpaired) electrons. The Bertz CT molecular complexity index is 367. The molecule has 108 valence electrons. The largest absolute Gasteiger partial charge is 0.480 e. The number of carboxylic acid groups (broad SMARTS) is 2. The summed E-state index contributed by atoms with van der Waals surface area (Å²) in [6.07, 6.45) is -0.998. The van der Waals surface area contributed by atoms with Gasteiger partial charge in [0.1, 0.15) is 12.1 Å². The first-order chi connectivity index (χ1) is 8.81. The van der Waals surface area contributed by atoms with Gasteiger partial charge in [0, 0.05) is 0 Å². The highest BCUT2D eigenvalue weighted by atomic mass is 16.5. The number of aliphatic carboxylic acids is 2. The predicted molar refractivity (Wildman–Crippen MR) is 64.6 cm³/mol. The van der Waals surface area contributed by atoms with Crippen molar-refractivity contribution in [3.05, 3.63) is 0 Å². The smallest absolute Gasteiger partial charge is 0.332 e. The Kier molecular flexibility index (Phi) is 5.29. The molecule has 0 aromatic carbocycles. The standard InChI is InChI=1S/C12H19NO6/c1-6(2)5-7(11(15)16)13-10(14)8-3-4-9(19-8)12(17)18/h6-9H,3-5H2,1-2H3,(H,13,14)(H,15,16)(H,17,18). The normalized spacial score (nSPS) is 24.2. The molecule has 19 heavy (non-hydrogen) atoms. The Hall–Kier alpha value is -1.63. The molecule has 0 aromatic rings. The summed E-state index contributed by atoms with van der Waals surface area (Å²) in [7, 11) is 0. The van der Waals surface area contributed by atoms with E-state index in [0.29, 0.717) is 6.42 Å². The summed E-state index contributed by atoms with van der Waals surface area (Å²) >= 11 is 0. The molecule has 0 saturated carbocycles. The zero-order valence-corrected chi connectivity index (χ0v) is 11.0. The van der Waals surface area contributed by atoms with Gasteiger partial charge in [-0.15, -0.1) is 0 Å². The SMILES string of the molecule is CC(C)CC(NC(=O)C1CCC(C(=O)O)O1)C(=O)O. The molecule has 1 saturated heterocycles. The van der Waals surface area contributed by atoms with Gasteiger partial charge >= 0.3 is 11.9 Å². The maximum atomic E-state index is 11.8. The lowest BCUT2D eigenvalue weighted by Crippen LogP contribution is -2.46. The highest BCUT2D eigenvalue weighted by molar-refractivity contribution is 5.87. The van der Waals surface area contributed by atoms with Crippen molar-refractivity contribution >= 4 is 17.8 Å². The third kappa shape index (κ3) is 4.51. The molecule has 7 nitrogen and oxygen atoms in total. The summed E-state index contributed by atoms with van der Waals surface area (Å²) in [4.78, 5) is 33.5. The molecule has 1 aliphatic heterocycles. The fourth-order valence-electron chi connectivity index (χ4n) is 1.97. The molecule has 0 aromatic heterocycles. The van der Waals surface area contributed by atoms with Crippen molar-refractivity contribution in [1.82, 2.24) is 5.32 Å². The van der Waals surface area contributed by atoms with Crippen LogP contribution < -0.4 is 5.32 Å². The molecule has 3 atom stereocenters. The summed E-state index contributed by atoms with van der Waals surface area (Å²) in [5.74, 6) is -2.64. The van der Waals surface area contributed by atoms with Gasteiger partial charge in [-0.05, 0) is 25.2 Å². The second-order valence-corrected chi connectivity index (χ2v) is 5.06. The van der Waals surface area contributed by atoms with E-state index < -0.39 is 36.1 Å². The van der Waals surface area contributed by atoms with E-state index in [4.69, 9.17) is 14.9 Å². The van der Waals surface area contributed by atoms with Crippen molar-refractivity contribution in [3.8, 4) is 0 Å². The van der Waals surface area contributed by atoms with Gasteiger partial charge in [-0.3, -0.25) is 4.79 Å². The van der Waals surface area contributed by atoms with Crippen LogP contribution in [0.2, 0.25) is 0 Å². The first kappa shape index (κ1) is 15.4. The van der Waals surface area contributed by atoms with Gasteiger partial charge in [0.2, 0.25) is 5.91 Å². The van der Waals surface area contributed by atoms with E-state index in [1.54, 1.807) is 0 Å². The van der Waals surface area contributed by atoms with E-state index in [2.05, 4.69) is 5.32 Å². The predicted octanol–water partition coefficient (Wildman–Crippen LogP) is 0.234. The summed E-state index contributed by atoms with van der Waals surface area (Å²) in [6, 6.07) is -0.972. The van der Waals surface area contributed by atoms with Crippen molar-refractivity contribution in [2.45, 2.75) is 51.4 Å². The van der Waals surface area contributed by atoms with Crippen molar-refractivity contribution in [3.63, 3.8) is 0 Å². The number of ether oxygens (including phenoxy) is 1. The summed E-state index contributed by atoms with van der Waals surface area (Å²) in [6.45, 7) is 3.71. The lowest BCUT2D eigenvalue weighted by atomic mass is 10.0. The quantitative estimate of drug-likeness (QED) is 0.638. The Morgan fingerprint density at radius 1 is 1.21 bits per heavy atom. The Balaban J connectivity index is 2.54. The zero-order chi connectivity index (χ0) is 14.6. The Morgan fingerprint density at radius 3 is 2.21 bits per heavy atom. The monoisotopic (exact) mass is 273 g/mol. The van der Waals surface area contributed by atoms with Gasteiger partial charge in [0.15, 0.2) is 6.10 Å². The van der Waals surface area contributed by atoms with Gasteiger partial charge in [-0.1, -0.05) is 13.8 Å². The van der Waals surface area contributed by atoms with E-state index >= 15 is 0 Å². The topological polar surface area (TPSA) is 113 Å². The highest BCUT2D eigenvalue weighted by Crippen LogP contribution is 2.20. The molecule has 3 unspecified atom stereocenters. The highest BCUT2D eigenvalue weighted by Gasteiger charge is 2.36. The third-order valence-electron chi connectivity index (χ3n) is 2.91. The zero-order valence-electron chi connectivity index (χ0n) is 11.0. The maximum Gasteiger partial charge on any atom is 0.332 e. The van der Waals surface area contributed by atoms with Crippen molar-refractivity contribution in [2.75, 3.05) is 0 Å². The molecule has 7 heteroatoms. The van der Waals surface area contributed by atoms with E-state index in [1.165, 1.54) is 0 Å². The number of carbonyl (C=O) groups is 3. The molecule has 0 aliphatic carbocycles. The number of amides is 1. The molecular formula is C12H19NO6. The second-order valence-electron chi connectivity index (χ2n) is 5.06. The van der Waals surface area contributed by atoms with Crippen molar-refractivity contribution in [1.29, 1.82) is 0 Å². The lowest BCUT2D eigenvalue weighted by molar-refractivity contribution is -0.153. The maximum absolute atomic E-state index is 11.8. The van der Waals surface area contributed by atoms with Crippen LogP contribution in [0.25, 0.3) is 0 Å².